The third-order valence-corrected chi connectivity index (χ3v) is 2.24. The van der Waals surface area contributed by atoms with Gasteiger partial charge in [-0.05, 0) is 12.5 Å². The van der Waals surface area contributed by atoms with Crippen molar-refractivity contribution in [3.8, 4) is 0 Å². The lowest BCUT2D eigenvalue weighted by atomic mass is 10.2. The zero-order chi connectivity index (χ0) is 13.7. The van der Waals surface area contributed by atoms with E-state index in [1.165, 1.54) is 6.21 Å². The molecule has 0 spiro atoms. The molecule has 2 aromatic rings. The van der Waals surface area contributed by atoms with E-state index in [4.69, 9.17) is 4.74 Å². The van der Waals surface area contributed by atoms with E-state index >= 15 is 0 Å². The van der Waals surface area contributed by atoms with Crippen molar-refractivity contribution < 1.29 is 9.53 Å². The molecule has 0 amide bonds. The highest BCUT2D eigenvalue weighted by Gasteiger charge is 2.17. The average Bonchev–Trinajstić information content (AvgIpc) is 2.79. The monoisotopic (exact) mass is 260 g/mol. The predicted molar refractivity (Wildman–Crippen MR) is 68.2 cm³/mol. The third kappa shape index (κ3) is 2.95. The topological polar surface area (TPSA) is 89.3 Å². The van der Waals surface area contributed by atoms with E-state index in [1.807, 2.05) is 30.3 Å². The van der Waals surface area contributed by atoms with Gasteiger partial charge in [0.15, 0.2) is 0 Å². The molecule has 0 aliphatic heterocycles. The Labute approximate surface area is 108 Å². The van der Waals surface area contributed by atoms with Crippen LogP contribution in [-0.4, -0.2) is 33.9 Å². The predicted octanol–water partition coefficient (Wildman–Crippen LogP) is 0.630. The molecule has 0 atom stereocenters. The van der Waals surface area contributed by atoms with E-state index in [1.54, 1.807) is 6.92 Å². The van der Waals surface area contributed by atoms with Crippen molar-refractivity contribution in [3.63, 3.8) is 0 Å². The molecule has 1 aromatic heterocycles. The Morgan fingerprint density at radius 3 is 2.89 bits per heavy atom. The Morgan fingerprint density at radius 2 is 2.21 bits per heavy atom. The van der Waals surface area contributed by atoms with Gasteiger partial charge >= 0.3 is 11.5 Å². The summed E-state index contributed by atoms with van der Waals surface area (Å²) in [4.78, 5) is 24.0. The standard InChI is InChI=1S/C12H12N4O3/c1-2-19-12(18)10-11(17)16(15-14-10)13-8-9-6-4-3-5-7-9/h3-8,15H,2H2,1H3/b13-8+. The zero-order valence-electron chi connectivity index (χ0n) is 10.2. The number of benzene rings is 1. The Bertz CT molecular complexity index is 642. The van der Waals surface area contributed by atoms with E-state index in [0.29, 0.717) is 0 Å². The molecule has 0 bridgehead atoms. The molecule has 7 nitrogen and oxygen atoms in total. The number of aromatic nitrogens is 3. The summed E-state index contributed by atoms with van der Waals surface area (Å²) >= 11 is 0. The summed E-state index contributed by atoms with van der Waals surface area (Å²) in [5, 5.41) is 9.82. The lowest BCUT2D eigenvalue weighted by molar-refractivity contribution is 0.0517. The maximum Gasteiger partial charge on any atom is 0.364 e. The number of H-pyrrole nitrogens is 1. The molecule has 1 N–H and O–H groups in total. The summed E-state index contributed by atoms with van der Waals surface area (Å²) in [6, 6.07) is 9.23. The molecule has 1 aromatic carbocycles. The summed E-state index contributed by atoms with van der Waals surface area (Å²) in [5.41, 5.74) is -0.139. The van der Waals surface area contributed by atoms with Gasteiger partial charge in [-0.1, -0.05) is 30.3 Å². The molecule has 0 saturated heterocycles. The normalized spacial score (nSPS) is 10.8. The van der Waals surface area contributed by atoms with E-state index in [9.17, 15) is 9.59 Å². The molecule has 19 heavy (non-hydrogen) atoms. The molecule has 0 saturated carbocycles. The minimum atomic E-state index is -0.766. The zero-order valence-corrected chi connectivity index (χ0v) is 10.2. The van der Waals surface area contributed by atoms with Crippen LogP contribution in [0.25, 0.3) is 0 Å². The van der Waals surface area contributed by atoms with Crippen LogP contribution in [-0.2, 0) is 4.74 Å². The number of ether oxygens (including phenoxy) is 1. The summed E-state index contributed by atoms with van der Waals surface area (Å²) in [6.45, 7) is 1.83. The molecule has 0 aliphatic rings. The van der Waals surface area contributed by atoms with Crippen molar-refractivity contribution in [2.24, 2.45) is 5.10 Å². The number of carbonyl (C=O) groups is 1. The Kier molecular flexibility index (Phi) is 3.87. The van der Waals surface area contributed by atoms with Gasteiger partial charge in [-0.2, -0.15) is 10.3 Å². The number of nitrogens with zero attached hydrogens (tertiary/aromatic N) is 3. The molecule has 7 heteroatoms. The van der Waals surface area contributed by atoms with Crippen LogP contribution in [0.5, 0.6) is 0 Å². The SMILES string of the molecule is CCOC(=O)c1n[nH]n(/N=C/c2ccccc2)c1=O. The van der Waals surface area contributed by atoms with Crippen molar-refractivity contribution in [1.82, 2.24) is 15.1 Å². The van der Waals surface area contributed by atoms with Crippen LogP contribution in [0, 0.1) is 0 Å². The second-order valence-corrected chi connectivity index (χ2v) is 3.55. The number of hydrogen-bond donors (Lipinski definition) is 1. The van der Waals surface area contributed by atoms with Crippen molar-refractivity contribution >= 4 is 12.2 Å². The van der Waals surface area contributed by atoms with Crippen LogP contribution in [0.1, 0.15) is 23.0 Å². The molecule has 0 radical (unpaired) electrons. The third-order valence-electron chi connectivity index (χ3n) is 2.24. The van der Waals surface area contributed by atoms with Gasteiger partial charge in [0.05, 0.1) is 12.8 Å². The minimum Gasteiger partial charge on any atom is -0.461 e. The van der Waals surface area contributed by atoms with Crippen LogP contribution < -0.4 is 5.56 Å². The fourth-order valence-corrected chi connectivity index (χ4v) is 1.37. The first-order valence-electron chi connectivity index (χ1n) is 5.66. The van der Waals surface area contributed by atoms with E-state index in [2.05, 4.69) is 15.4 Å². The number of esters is 1. The number of aromatic amines is 1. The van der Waals surface area contributed by atoms with Crippen LogP contribution in [0.15, 0.2) is 40.2 Å². The highest BCUT2D eigenvalue weighted by Crippen LogP contribution is 1.94. The lowest BCUT2D eigenvalue weighted by Crippen LogP contribution is -2.20. The number of carbonyl (C=O) groups excluding carboxylic acids is 1. The second kappa shape index (κ2) is 5.76. The number of hydrogen-bond acceptors (Lipinski definition) is 5. The summed E-state index contributed by atoms with van der Waals surface area (Å²) in [5.74, 6) is -0.766. The Balaban J connectivity index is 2.21. The second-order valence-electron chi connectivity index (χ2n) is 3.55. The Morgan fingerprint density at radius 1 is 1.47 bits per heavy atom. The number of rotatable bonds is 4. The first-order chi connectivity index (χ1) is 9.22. The quantitative estimate of drug-likeness (QED) is 0.645. The van der Waals surface area contributed by atoms with Gasteiger partial charge in [0.1, 0.15) is 0 Å². The smallest absolute Gasteiger partial charge is 0.364 e. The van der Waals surface area contributed by atoms with Gasteiger partial charge in [0.2, 0.25) is 5.69 Å². The van der Waals surface area contributed by atoms with E-state index in [0.717, 1.165) is 10.4 Å². The molecule has 0 aliphatic carbocycles. The van der Waals surface area contributed by atoms with Crippen molar-refractivity contribution in [1.29, 1.82) is 0 Å². The lowest BCUT2D eigenvalue weighted by Gasteiger charge is -1.94. The van der Waals surface area contributed by atoms with Gasteiger partial charge in [-0.15, -0.1) is 9.89 Å². The highest BCUT2D eigenvalue weighted by molar-refractivity contribution is 5.86. The van der Waals surface area contributed by atoms with E-state index in [-0.39, 0.29) is 12.3 Å². The fraction of sp³-hybridized carbons (Fsp3) is 0.167. The minimum absolute atomic E-state index is 0.179. The first-order valence-corrected chi connectivity index (χ1v) is 5.66. The summed E-state index contributed by atoms with van der Waals surface area (Å²) < 4.78 is 4.70. The van der Waals surface area contributed by atoms with E-state index < -0.39 is 11.5 Å². The highest BCUT2D eigenvalue weighted by atomic mass is 16.5. The molecular formula is C12H12N4O3. The largest absolute Gasteiger partial charge is 0.461 e. The summed E-state index contributed by atoms with van der Waals surface area (Å²) in [7, 11) is 0. The molecule has 0 unspecified atom stereocenters. The number of nitrogens with one attached hydrogen (secondary N) is 1. The van der Waals surface area contributed by atoms with Crippen LogP contribution in [0.2, 0.25) is 0 Å². The Hall–Kier alpha value is -2.70. The summed E-state index contributed by atoms with van der Waals surface area (Å²) in [6.07, 6.45) is 1.48. The van der Waals surface area contributed by atoms with Gasteiger partial charge in [0, 0.05) is 0 Å². The maximum absolute atomic E-state index is 11.8. The van der Waals surface area contributed by atoms with Gasteiger partial charge in [-0.25, -0.2) is 4.79 Å². The van der Waals surface area contributed by atoms with Crippen LogP contribution in [0.4, 0.5) is 0 Å². The average molecular weight is 260 g/mol. The van der Waals surface area contributed by atoms with Gasteiger partial charge < -0.3 is 4.74 Å². The molecule has 1 heterocycles. The molecule has 98 valence electrons. The van der Waals surface area contributed by atoms with Gasteiger partial charge in [-0.3, -0.25) is 4.79 Å². The van der Waals surface area contributed by atoms with Crippen LogP contribution >= 0.6 is 0 Å². The fourth-order valence-electron chi connectivity index (χ4n) is 1.37. The maximum atomic E-state index is 11.8. The van der Waals surface area contributed by atoms with Gasteiger partial charge in [0.25, 0.3) is 0 Å². The molecule has 0 fully saturated rings. The molecule has 2 rings (SSSR count). The van der Waals surface area contributed by atoms with Crippen molar-refractivity contribution in [2.75, 3.05) is 6.61 Å². The van der Waals surface area contributed by atoms with Crippen LogP contribution in [0.3, 0.4) is 0 Å². The van der Waals surface area contributed by atoms with Crippen molar-refractivity contribution in [2.45, 2.75) is 6.92 Å². The first kappa shape index (κ1) is 12.7. The van der Waals surface area contributed by atoms with Crippen molar-refractivity contribution in [3.05, 3.63) is 51.9 Å². The molecular weight excluding hydrogens is 248 g/mol.